The summed E-state index contributed by atoms with van der Waals surface area (Å²) in [6.45, 7) is 6.99. The number of hydrogen-bond donors (Lipinski definition) is 2. The molecule has 1 aliphatic heterocycles. The number of fused-ring (bicyclic) bond motifs is 1. The molecule has 0 aromatic carbocycles. The van der Waals surface area contributed by atoms with Crippen molar-refractivity contribution in [2.75, 3.05) is 26.7 Å². The van der Waals surface area contributed by atoms with Crippen molar-refractivity contribution in [2.24, 2.45) is 5.92 Å². The molecular weight excluding hydrogens is 420 g/mol. The van der Waals surface area contributed by atoms with E-state index in [2.05, 4.69) is 26.7 Å². The summed E-state index contributed by atoms with van der Waals surface area (Å²) >= 11 is 0. The van der Waals surface area contributed by atoms with E-state index in [0.29, 0.717) is 30.8 Å². The standard InChI is InChI=1S/C25H32N4O4/c1-17-13-29(18(2)16-30)25(32)22-11-20(9-8-19(3)31)12-27-24(22)33-23(17)15-28(4)14-21-7-5-6-10-26-21/h5-7,10-12,17-19,23,30-31H,13-16H2,1-4H3/t17-,18-,19+,23-/m0/s1. The van der Waals surface area contributed by atoms with Crippen molar-refractivity contribution in [3.8, 4) is 17.7 Å². The number of likely N-dealkylation sites (N-methyl/N-ethyl adjacent to an activating group) is 1. The van der Waals surface area contributed by atoms with Crippen LogP contribution in [-0.4, -0.2) is 80.9 Å². The monoisotopic (exact) mass is 452 g/mol. The first kappa shape index (κ1) is 24.6. The molecule has 2 N–H and O–H groups in total. The van der Waals surface area contributed by atoms with Gasteiger partial charge in [-0.05, 0) is 39.1 Å². The van der Waals surface area contributed by atoms with Gasteiger partial charge in [-0.15, -0.1) is 0 Å². The molecule has 8 heteroatoms. The van der Waals surface area contributed by atoms with Crippen molar-refractivity contribution in [2.45, 2.75) is 45.6 Å². The zero-order valence-electron chi connectivity index (χ0n) is 19.6. The van der Waals surface area contributed by atoms with Gasteiger partial charge in [-0.1, -0.05) is 24.8 Å². The smallest absolute Gasteiger partial charge is 0.259 e. The van der Waals surface area contributed by atoms with Gasteiger partial charge in [0, 0.05) is 43.5 Å². The Balaban J connectivity index is 1.91. The quantitative estimate of drug-likeness (QED) is 0.642. The summed E-state index contributed by atoms with van der Waals surface area (Å²) in [5.74, 6) is 5.50. The number of aromatic nitrogens is 2. The summed E-state index contributed by atoms with van der Waals surface area (Å²) in [5.41, 5.74) is 1.78. The van der Waals surface area contributed by atoms with Gasteiger partial charge < -0.3 is 19.8 Å². The third-order valence-electron chi connectivity index (χ3n) is 5.60. The van der Waals surface area contributed by atoms with E-state index in [9.17, 15) is 15.0 Å². The van der Waals surface area contributed by atoms with E-state index in [-0.39, 0.29) is 36.5 Å². The lowest BCUT2D eigenvalue weighted by Gasteiger charge is -2.37. The van der Waals surface area contributed by atoms with Gasteiger partial charge in [0.1, 0.15) is 17.8 Å². The maximum absolute atomic E-state index is 13.4. The van der Waals surface area contributed by atoms with Crippen LogP contribution < -0.4 is 4.74 Å². The van der Waals surface area contributed by atoms with Crippen molar-refractivity contribution in [1.29, 1.82) is 0 Å². The highest BCUT2D eigenvalue weighted by Gasteiger charge is 2.34. The van der Waals surface area contributed by atoms with Crippen LogP contribution in [0, 0.1) is 17.8 Å². The first-order valence-electron chi connectivity index (χ1n) is 11.1. The summed E-state index contributed by atoms with van der Waals surface area (Å²) in [4.78, 5) is 26.0. The van der Waals surface area contributed by atoms with E-state index in [0.717, 1.165) is 5.69 Å². The van der Waals surface area contributed by atoms with Gasteiger partial charge in [0.2, 0.25) is 5.88 Å². The van der Waals surface area contributed by atoms with Gasteiger partial charge in [-0.25, -0.2) is 4.98 Å². The van der Waals surface area contributed by atoms with Crippen LogP contribution in [0.2, 0.25) is 0 Å². The fraction of sp³-hybridized carbons (Fsp3) is 0.480. The number of carbonyl (C=O) groups is 1. The number of rotatable bonds is 6. The number of aliphatic hydroxyl groups is 2. The van der Waals surface area contributed by atoms with Gasteiger partial charge in [0.05, 0.1) is 18.3 Å². The molecule has 3 heterocycles. The van der Waals surface area contributed by atoms with Crippen LogP contribution in [0.1, 0.15) is 42.4 Å². The zero-order chi connectivity index (χ0) is 24.0. The summed E-state index contributed by atoms with van der Waals surface area (Å²) in [6.07, 6.45) is 2.30. The molecule has 2 aromatic rings. The van der Waals surface area contributed by atoms with Crippen molar-refractivity contribution in [3.63, 3.8) is 0 Å². The Hall–Kier alpha value is -2.99. The number of aliphatic hydroxyl groups excluding tert-OH is 2. The van der Waals surface area contributed by atoms with E-state index >= 15 is 0 Å². The predicted molar refractivity (Wildman–Crippen MR) is 125 cm³/mol. The van der Waals surface area contributed by atoms with Crippen molar-refractivity contribution >= 4 is 5.91 Å². The van der Waals surface area contributed by atoms with Gasteiger partial charge in [0.25, 0.3) is 5.91 Å². The average molecular weight is 453 g/mol. The molecule has 0 fully saturated rings. The normalized spacial score (nSPS) is 20.1. The highest BCUT2D eigenvalue weighted by atomic mass is 16.5. The Bertz CT molecular complexity index is 1000. The maximum atomic E-state index is 13.4. The van der Waals surface area contributed by atoms with Crippen molar-refractivity contribution < 1.29 is 19.7 Å². The second-order valence-corrected chi connectivity index (χ2v) is 8.66. The maximum Gasteiger partial charge on any atom is 0.259 e. The molecule has 0 aliphatic carbocycles. The van der Waals surface area contributed by atoms with Crippen LogP contribution in [0.25, 0.3) is 0 Å². The molecule has 8 nitrogen and oxygen atoms in total. The minimum Gasteiger partial charge on any atom is -0.472 e. The van der Waals surface area contributed by atoms with Crippen LogP contribution in [-0.2, 0) is 6.54 Å². The van der Waals surface area contributed by atoms with Crippen LogP contribution in [0.3, 0.4) is 0 Å². The Morgan fingerprint density at radius 3 is 2.79 bits per heavy atom. The molecular formula is C25H32N4O4. The number of pyridine rings is 2. The summed E-state index contributed by atoms with van der Waals surface area (Å²) in [7, 11) is 2.01. The lowest BCUT2D eigenvalue weighted by molar-refractivity contribution is 0.0324. The minimum absolute atomic E-state index is 0.00112. The molecule has 0 saturated carbocycles. The molecule has 1 amide bonds. The number of hydrogen-bond acceptors (Lipinski definition) is 7. The molecule has 0 saturated heterocycles. The summed E-state index contributed by atoms with van der Waals surface area (Å²) < 4.78 is 6.29. The Morgan fingerprint density at radius 1 is 1.33 bits per heavy atom. The molecule has 0 spiro atoms. The second kappa shape index (κ2) is 11.2. The molecule has 176 valence electrons. The number of carbonyl (C=O) groups excluding carboxylic acids is 1. The molecule has 2 aromatic heterocycles. The predicted octanol–water partition coefficient (Wildman–Crippen LogP) is 1.56. The lowest BCUT2D eigenvalue weighted by atomic mass is 10.00. The van der Waals surface area contributed by atoms with Crippen LogP contribution in [0.5, 0.6) is 5.88 Å². The van der Waals surface area contributed by atoms with E-state index in [1.807, 2.05) is 39.1 Å². The Morgan fingerprint density at radius 2 is 2.12 bits per heavy atom. The topological polar surface area (TPSA) is 99.0 Å². The van der Waals surface area contributed by atoms with Crippen LogP contribution in [0.4, 0.5) is 0 Å². The van der Waals surface area contributed by atoms with Crippen molar-refractivity contribution in [1.82, 2.24) is 19.8 Å². The van der Waals surface area contributed by atoms with E-state index in [4.69, 9.17) is 4.74 Å². The molecule has 0 bridgehead atoms. The van der Waals surface area contributed by atoms with E-state index < -0.39 is 6.10 Å². The van der Waals surface area contributed by atoms with Gasteiger partial charge >= 0.3 is 0 Å². The van der Waals surface area contributed by atoms with Crippen molar-refractivity contribution in [3.05, 3.63) is 53.5 Å². The lowest BCUT2D eigenvalue weighted by Crippen LogP contribution is -2.49. The number of ether oxygens (including phenoxy) is 1. The first-order chi connectivity index (χ1) is 15.8. The molecule has 4 atom stereocenters. The fourth-order valence-corrected chi connectivity index (χ4v) is 3.72. The first-order valence-corrected chi connectivity index (χ1v) is 11.1. The van der Waals surface area contributed by atoms with Gasteiger partial charge in [-0.2, -0.15) is 0 Å². The zero-order valence-corrected chi connectivity index (χ0v) is 19.6. The molecule has 1 aliphatic rings. The average Bonchev–Trinajstić information content (AvgIpc) is 2.80. The summed E-state index contributed by atoms with van der Waals surface area (Å²) in [6, 6.07) is 7.12. The van der Waals surface area contributed by atoms with E-state index in [1.54, 1.807) is 30.3 Å². The Kier molecular flexibility index (Phi) is 8.39. The third-order valence-corrected chi connectivity index (χ3v) is 5.60. The molecule has 0 unspecified atom stereocenters. The fourth-order valence-electron chi connectivity index (χ4n) is 3.72. The van der Waals surface area contributed by atoms with Crippen LogP contribution >= 0.6 is 0 Å². The summed E-state index contributed by atoms with van der Waals surface area (Å²) in [5, 5.41) is 19.2. The largest absolute Gasteiger partial charge is 0.472 e. The minimum atomic E-state index is -0.787. The molecule has 3 rings (SSSR count). The van der Waals surface area contributed by atoms with Gasteiger partial charge in [-0.3, -0.25) is 14.7 Å². The van der Waals surface area contributed by atoms with Gasteiger partial charge in [0.15, 0.2) is 0 Å². The SMILES string of the molecule is C[C@@H](O)C#Cc1cnc2c(c1)C(=O)N([C@@H](C)CO)C[C@H](C)[C@H](CN(C)Cc1ccccn1)O2. The molecule has 0 radical (unpaired) electrons. The third kappa shape index (κ3) is 6.51. The van der Waals surface area contributed by atoms with E-state index in [1.165, 1.54) is 0 Å². The second-order valence-electron chi connectivity index (χ2n) is 8.66. The van der Waals surface area contributed by atoms with Crippen LogP contribution in [0.15, 0.2) is 36.7 Å². The molecule has 33 heavy (non-hydrogen) atoms. The Labute approximate surface area is 195 Å². The number of nitrogens with zero attached hydrogens (tertiary/aromatic N) is 4. The highest BCUT2D eigenvalue weighted by Crippen LogP contribution is 2.27. The highest BCUT2D eigenvalue weighted by molar-refractivity contribution is 5.97. The number of amides is 1.